The van der Waals surface area contributed by atoms with Crippen LogP contribution >= 0.6 is 0 Å². The van der Waals surface area contributed by atoms with Gasteiger partial charge in [0.15, 0.2) is 0 Å². The number of carbonyl (C=O) groups excluding carboxylic acids is 1. The predicted molar refractivity (Wildman–Crippen MR) is 122 cm³/mol. The Hall–Kier alpha value is -2.08. The summed E-state index contributed by atoms with van der Waals surface area (Å²) in [7, 11) is 0. The minimum Gasteiger partial charge on any atom is -0.465 e. The molecule has 6 heteroatoms. The zero-order valence-corrected chi connectivity index (χ0v) is 19.1. The number of hydrogen-bond donors (Lipinski definition) is 3. The molecule has 1 aromatic rings. The van der Waals surface area contributed by atoms with Gasteiger partial charge in [-0.25, -0.2) is 4.79 Å². The molecular formula is C24H40N2O4. The average molecular weight is 421 g/mol. The molecule has 2 amide bonds. The van der Waals surface area contributed by atoms with Crippen molar-refractivity contribution in [2.45, 2.75) is 97.1 Å². The van der Waals surface area contributed by atoms with Crippen LogP contribution in [0.3, 0.4) is 0 Å². The SMILES string of the molecule is CCCCCCCCCCc1ccc(NC(=O)C(CO)N(C(=O)O)C(C)(C)C)cc1. The van der Waals surface area contributed by atoms with Crippen molar-refractivity contribution in [1.29, 1.82) is 0 Å². The van der Waals surface area contributed by atoms with Gasteiger partial charge < -0.3 is 15.5 Å². The fourth-order valence-electron chi connectivity index (χ4n) is 3.61. The van der Waals surface area contributed by atoms with E-state index in [1.807, 2.05) is 24.3 Å². The molecule has 0 bridgehead atoms. The topological polar surface area (TPSA) is 89.9 Å². The number of nitrogens with zero attached hydrogens (tertiary/aromatic N) is 1. The Bertz CT molecular complexity index is 638. The van der Waals surface area contributed by atoms with Crippen LogP contribution in [0.1, 0.15) is 84.6 Å². The first-order chi connectivity index (χ1) is 14.2. The zero-order chi connectivity index (χ0) is 22.6. The number of nitrogens with one attached hydrogen (secondary N) is 1. The van der Waals surface area contributed by atoms with Gasteiger partial charge in [-0.2, -0.15) is 0 Å². The third-order valence-corrected chi connectivity index (χ3v) is 5.26. The summed E-state index contributed by atoms with van der Waals surface area (Å²) in [6.07, 6.45) is 10.1. The first-order valence-electron chi connectivity index (χ1n) is 11.2. The van der Waals surface area contributed by atoms with E-state index in [4.69, 9.17) is 0 Å². The number of carboxylic acid groups (broad SMARTS) is 1. The van der Waals surface area contributed by atoms with Crippen LogP contribution in [-0.4, -0.2) is 45.3 Å². The fourth-order valence-corrected chi connectivity index (χ4v) is 3.61. The summed E-state index contributed by atoms with van der Waals surface area (Å²) in [6.45, 7) is 6.73. The number of aliphatic hydroxyl groups is 1. The first-order valence-corrected chi connectivity index (χ1v) is 11.2. The number of rotatable bonds is 13. The Morgan fingerprint density at radius 1 is 0.967 bits per heavy atom. The molecule has 0 aliphatic rings. The Balaban J connectivity index is 2.51. The third kappa shape index (κ3) is 9.16. The number of aliphatic hydroxyl groups excluding tert-OH is 1. The third-order valence-electron chi connectivity index (χ3n) is 5.26. The smallest absolute Gasteiger partial charge is 0.408 e. The first kappa shape index (κ1) is 26.0. The molecule has 0 heterocycles. The quantitative estimate of drug-likeness (QED) is 0.370. The maximum absolute atomic E-state index is 12.6. The van der Waals surface area contributed by atoms with E-state index in [1.165, 1.54) is 50.5 Å². The Labute approximate surface area is 181 Å². The van der Waals surface area contributed by atoms with Crippen molar-refractivity contribution < 1.29 is 19.8 Å². The number of hydrogen-bond acceptors (Lipinski definition) is 3. The van der Waals surface area contributed by atoms with E-state index in [9.17, 15) is 19.8 Å². The van der Waals surface area contributed by atoms with Crippen LogP contribution < -0.4 is 5.32 Å². The summed E-state index contributed by atoms with van der Waals surface area (Å²) in [5, 5.41) is 21.8. The van der Waals surface area contributed by atoms with Crippen LogP contribution in [0.25, 0.3) is 0 Å². The summed E-state index contributed by atoms with van der Waals surface area (Å²) in [5.74, 6) is -0.536. The van der Waals surface area contributed by atoms with Gasteiger partial charge in [0, 0.05) is 11.2 Å². The molecule has 0 aromatic heterocycles. The largest absolute Gasteiger partial charge is 0.465 e. The standard InChI is InChI=1S/C24H40N2O4/c1-5-6-7-8-9-10-11-12-13-19-14-16-20(17-15-19)25-22(28)21(18-27)26(23(29)30)24(2,3)4/h14-17,21,27H,5-13,18H2,1-4H3,(H,25,28)(H,29,30). The molecule has 1 unspecified atom stereocenters. The van der Waals surface area contributed by atoms with Crippen LogP contribution in [0.2, 0.25) is 0 Å². The van der Waals surface area contributed by atoms with Crippen LogP contribution in [-0.2, 0) is 11.2 Å². The van der Waals surface area contributed by atoms with Crippen LogP contribution in [0, 0.1) is 0 Å². The highest BCUT2D eigenvalue weighted by Crippen LogP contribution is 2.20. The number of carbonyl (C=O) groups is 2. The molecule has 0 spiro atoms. The molecule has 3 N–H and O–H groups in total. The van der Waals surface area contributed by atoms with E-state index in [2.05, 4.69) is 12.2 Å². The molecule has 0 radical (unpaired) electrons. The lowest BCUT2D eigenvalue weighted by molar-refractivity contribution is -0.124. The second-order valence-electron chi connectivity index (χ2n) is 8.93. The summed E-state index contributed by atoms with van der Waals surface area (Å²) in [5.41, 5.74) is 1.01. The number of amides is 2. The average Bonchev–Trinajstić information content (AvgIpc) is 2.67. The van der Waals surface area contributed by atoms with Gasteiger partial charge in [0.25, 0.3) is 0 Å². The number of anilines is 1. The van der Waals surface area contributed by atoms with Crippen LogP contribution in [0.4, 0.5) is 10.5 Å². The van der Waals surface area contributed by atoms with Crippen molar-refractivity contribution in [3.63, 3.8) is 0 Å². The van der Waals surface area contributed by atoms with Crippen molar-refractivity contribution in [1.82, 2.24) is 4.90 Å². The minimum atomic E-state index is -1.24. The van der Waals surface area contributed by atoms with Gasteiger partial charge in [-0.05, 0) is 51.3 Å². The second kappa shape index (κ2) is 13.3. The molecule has 0 aliphatic heterocycles. The van der Waals surface area contributed by atoms with Crippen molar-refractivity contribution in [2.75, 3.05) is 11.9 Å². The highest BCUT2D eigenvalue weighted by molar-refractivity contribution is 5.96. The summed E-state index contributed by atoms with van der Waals surface area (Å²) < 4.78 is 0. The van der Waals surface area contributed by atoms with Crippen LogP contribution in [0.15, 0.2) is 24.3 Å². The molecule has 0 saturated carbocycles. The maximum Gasteiger partial charge on any atom is 0.408 e. The summed E-state index contributed by atoms with van der Waals surface area (Å²) >= 11 is 0. The molecule has 170 valence electrons. The maximum atomic E-state index is 12.6. The molecule has 30 heavy (non-hydrogen) atoms. The minimum absolute atomic E-state index is 0.536. The van der Waals surface area contributed by atoms with E-state index < -0.39 is 30.2 Å². The van der Waals surface area contributed by atoms with Crippen molar-refractivity contribution in [2.24, 2.45) is 0 Å². The molecular weight excluding hydrogens is 380 g/mol. The Kier molecular flexibility index (Phi) is 11.5. The van der Waals surface area contributed by atoms with Gasteiger partial charge in [0.2, 0.25) is 5.91 Å². The van der Waals surface area contributed by atoms with E-state index in [0.29, 0.717) is 5.69 Å². The number of benzene rings is 1. The molecule has 1 aromatic carbocycles. The van der Waals surface area contributed by atoms with E-state index in [1.54, 1.807) is 20.8 Å². The van der Waals surface area contributed by atoms with Gasteiger partial charge in [-0.15, -0.1) is 0 Å². The summed E-state index contributed by atoms with van der Waals surface area (Å²) in [6, 6.07) is 6.47. The lowest BCUT2D eigenvalue weighted by Gasteiger charge is -2.37. The molecule has 0 fully saturated rings. The van der Waals surface area contributed by atoms with Gasteiger partial charge in [0.1, 0.15) is 6.04 Å². The van der Waals surface area contributed by atoms with Crippen molar-refractivity contribution >= 4 is 17.7 Å². The van der Waals surface area contributed by atoms with Gasteiger partial charge in [-0.3, -0.25) is 9.69 Å². The Morgan fingerprint density at radius 3 is 1.97 bits per heavy atom. The highest BCUT2D eigenvalue weighted by Gasteiger charge is 2.37. The number of unbranched alkanes of at least 4 members (excludes halogenated alkanes) is 7. The van der Waals surface area contributed by atoms with Gasteiger partial charge in [0.05, 0.1) is 6.61 Å². The molecule has 6 nitrogen and oxygen atoms in total. The zero-order valence-electron chi connectivity index (χ0n) is 19.1. The second-order valence-corrected chi connectivity index (χ2v) is 8.93. The van der Waals surface area contributed by atoms with Crippen molar-refractivity contribution in [3.05, 3.63) is 29.8 Å². The Morgan fingerprint density at radius 2 is 1.50 bits per heavy atom. The fraction of sp³-hybridized carbons (Fsp3) is 0.667. The molecule has 1 atom stereocenters. The van der Waals surface area contributed by atoms with E-state index in [-0.39, 0.29) is 0 Å². The summed E-state index contributed by atoms with van der Waals surface area (Å²) in [4.78, 5) is 25.2. The molecule has 1 rings (SSSR count). The predicted octanol–water partition coefficient (Wildman–Crippen LogP) is 5.45. The van der Waals surface area contributed by atoms with Gasteiger partial charge >= 0.3 is 6.09 Å². The monoisotopic (exact) mass is 420 g/mol. The lowest BCUT2D eigenvalue weighted by atomic mass is 10.0. The van der Waals surface area contributed by atoms with E-state index in [0.717, 1.165) is 17.7 Å². The van der Waals surface area contributed by atoms with E-state index >= 15 is 0 Å². The van der Waals surface area contributed by atoms with Gasteiger partial charge in [-0.1, -0.05) is 64.0 Å². The van der Waals surface area contributed by atoms with Crippen molar-refractivity contribution in [3.8, 4) is 0 Å². The lowest BCUT2D eigenvalue weighted by Crippen LogP contribution is -2.57. The molecule has 0 saturated heterocycles. The molecule has 0 aliphatic carbocycles. The normalized spacial score (nSPS) is 12.4. The number of aryl methyl sites for hydroxylation is 1. The van der Waals surface area contributed by atoms with Crippen LogP contribution in [0.5, 0.6) is 0 Å². The highest BCUT2D eigenvalue weighted by atomic mass is 16.4.